The fraction of sp³-hybridized carbons (Fsp3) is 1.00. The van der Waals surface area contributed by atoms with Crippen molar-refractivity contribution in [3.8, 4) is 0 Å². The van der Waals surface area contributed by atoms with Gasteiger partial charge in [0.15, 0.2) is 0 Å². The van der Waals surface area contributed by atoms with Crippen molar-refractivity contribution >= 4 is 0 Å². The van der Waals surface area contributed by atoms with Gasteiger partial charge in [0.2, 0.25) is 0 Å². The van der Waals surface area contributed by atoms with Crippen LogP contribution in [0.3, 0.4) is 0 Å². The SMILES string of the molecule is CC(C)[C@H](O)CCO. The second-order valence-corrected chi connectivity index (χ2v) is 2.32. The van der Waals surface area contributed by atoms with E-state index in [-0.39, 0.29) is 18.6 Å². The molecule has 0 spiro atoms. The Bertz CT molecular complexity index is 52.5. The van der Waals surface area contributed by atoms with Crippen molar-refractivity contribution in [2.24, 2.45) is 5.92 Å². The van der Waals surface area contributed by atoms with E-state index in [0.29, 0.717) is 6.42 Å². The maximum atomic E-state index is 8.97. The third-order valence-corrected chi connectivity index (χ3v) is 1.19. The summed E-state index contributed by atoms with van der Waals surface area (Å²) in [6.07, 6.45) is 0.164. The van der Waals surface area contributed by atoms with Gasteiger partial charge in [0.1, 0.15) is 0 Å². The molecule has 0 radical (unpaired) electrons. The minimum absolute atomic E-state index is 0.0827. The quantitative estimate of drug-likeness (QED) is 0.562. The van der Waals surface area contributed by atoms with Crippen molar-refractivity contribution < 1.29 is 10.2 Å². The summed E-state index contributed by atoms with van der Waals surface area (Å²) in [5.74, 6) is 0.266. The fourth-order valence-electron chi connectivity index (χ4n) is 0.466. The van der Waals surface area contributed by atoms with Gasteiger partial charge in [-0.2, -0.15) is 0 Å². The zero-order chi connectivity index (χ0) is 6.57. The molecule has 0 heterocycles. The number of aliphatic hydroxyl groups excluding tert-OH is 2. The Hall–Kier alpha value is -0.0800. The first-order valence-electron chi connectivity index (χ1n) is 2.97. The van der Waals surface area contributed by atoms with Crippen molar-refractivity contribution in [2.45, 2.75) is 26.4 Å². The summed E-state index contributed by atoms with van der Waals surface area (Å²) < 4.78 is 0. The van der Waals surface area contributed by atoms with Crippen LogP contribution in [0.1, 0.15) is 20.3 Å². The molecular formula is C6H14O2. The molecule has 0 aliphatic heterocycles. The van der Waals surface area contributed by atoms with Crippen LogP contribution in [0.25, 0.3) is 0 Å². The highest BCUT2D eigenvalue weighted by molar-refractivity contribution is 4.57. The van der Waals surface area contributed by atoms with Gasteiger partial charge in [0.25, 0.3) is 0 Å². The summed E-state index contributed by atoms with van der Waals surface area (Å²) in [6.45, 7) is 3.94. The summed E-state index contributed by atoms with van der Waals surface area (Å²) in [4.78, 5) is 0. The van der Waals surface area contributed by atoms with Gasteiger partial charge >= 0.3 is 0 Å². The Kier molecular flexibility index (Phi) is 3.83. The zero-order valence-electron chi connectivity index (χ0n) is 5.46. The van der Waals surface area contributed by atoms with E-state index in [2.05, 4.69) is 0 Å². The molecule has 2 N–H and O–H groups in total. The molecule has 2 heteroatoms. The first-order chi connectivity index (χ1) is 3.68. The molecule has 0 saturated heterocycles. The number of aliphatic hydroxyl groups is 2. The lowest BCUT2D eigenvalue weighted by atomic mass is 10.1. The van der Waals surface area contributed by atoms with Gasteiger partial charge in [0, 0.05) is 6.61 Å². The van der Waals surface area contributed by atoms with Crippen molar-refractivity contribution in [1.29, 1.82) is 0 Å². The lowest BCUT2D eigenvalue weighted by Crippen LogP contribution is -2.15. The molecule has 2 nitrogen and oxygen atoms in total. The molecule has 0 rings (SSSR count). The van der Waals surface area contributed by atoms with Gasteiger partial charge in [-0.3, -0.25) is 0 Å². The van der Waals surface area contributed by atoms with Crippen LogP contribution in [0, 0.1) is 5.92 Å². The van der Waals surface area contributed by atoms with Crippen molar-refractivity contribution in [3.63, 3.8) is 0 Å². The summed E-state index contributed by atoms with van der Waals surface area (Å²) in [5.41, 5.74) is 0. The number of hydrogen-bond donors (Lipinski definition) is 2. The minimum atomic E-state index is -0.333. The normalized spacial score (nSPS) is 14.6. The van der Waals surface area contributed by atoms with Gasteiger partial charge in [-0.25, -0.2) is 0 Å². The highest BCUT2D eigenvalue weighted by Gasteiger charge is 2.06. The first kappa shape index (κ1) is 7.92. The van der Waals surface area contributed by atoms with Crippen LogP contribution >= 0.6 is 0 Å². The highest BCUT2D eigenvalue weighted by atomic mass is 16.3. The highest BCUT2D eigenvalue weighted by Crippen LogP contribution is 2.03. The third kappa shape index (κ3) is 2.99. The zero-order valence-corrected chi connectivity index (χ0v) is 5.46. The molecule has 0 aromatic carbocycles. The van der Waals surface area contributed by atoms with Crippen LogP contribution in [0.2, 0.25) is 0 Å². The number of hydrogen-bond acceptors (Lipinski definition) is 2. The average molecular weight is 118 g/mol. The predicted molar refractivity (Wildman–Crippen MR) is 32.5 cm³/mol. The molecular weight excluding hydrogens is 104 g/mol. The maximum absolute atomic E-state index is 8.97. The molecule has 8 heavy (non-hydrogen) atoms. The molecule has 0 fully saturated rings. The second kappa shape index (κ2) is 3.87. The Balaban J connectivity index is 3.17. The molecule has 0 aliphatic carbocycles. The largest absolute Gasteiger partial charge is 0.396 e. The summed E-state index contributed by atoms with van der Waals surface area (Å²) in [5, 5.41) is 17.3. The van der Waals surface area contributed by atoms with Crippen LogP contribution in [-0.2, 0) is 0 Å². The molecule has 0 saturated carbocycles. The molecule has 50 valence electrons. The average Bonchev–Trinajstić information content (AvgIpc) is 1.67. The van der Waals surface area contributed by atoms with E-state index in [1.54, 1.807) is 0 Å². The van der Waals surface area contributed by atoms with Crippen LogP contribution in [0.5, 0.6) is 0 Å². The Labute approximate surface area is 50.2 Å². The van der Waals surface area contributed by atoms with Crippen LogP contribution in [0.4, 0.5) is 0 Å². The van der Waals surface area contributed by atoms with E-state index < -0.39 is 0 Å². The lowest BCUT2D eigenvalue weighted by Gasteiger charge is -2.11. The molecule has 0 bridgehead atoms. The van der Waals surface area contributed by atoms with Crippen LogP contribution in [-0.4, -0.2) is 22.9 Å². The topological polar surface area (TPSA) is 40.5 Å². The molecule has 0 amide bonds. The van der Waals surface area contributed by atoms with Crippen molar-refractivity contribution in [3.05, 3.63) is 0 Å². The van der Waals surface area contributed by atoms with Crippen molar-refractivity contribution in [2.75, 3.05) is 6.61 Å². The first-order valence-corrected chi connectivity index (χ1v) is 2.97. The molecule has 0 aliphatic rings. The predicted octanol–water partition coefficient (Wildman–Crippen LogP) is 0.386. The van der Waals surface area contributed by atoms with E-state index >= 15 is 0 Å². The maximum Gasteiger partial charge on any atom is 0.0585 e. The monoisotopic (exact) mass is 118 g/mol. The molecule has 0 unspecified atom stereocenters. The van der Waals surface area contributed by atoms with E-state index in [9.17, 15) is 0 Å². The summed E-state index contributed by atoms with van der Waals surface area (Å²) in [6, 6.07) is 0. The van der Waals surface area contributed by atoms with E-state index in [0.717, 1.165) is 0 Å². The fourth-order valence-corrected chi connectivity index (χ4v) is 0.466. The summed E-state index contributed by atoms with van der Waals surface area (Å²) in [7, 11) is 0. The van der Waals surface area contributed by atoms with Gasteiger partial charge in [-0.05, 0) is 12.3 Å². The van der Waals surface area contributed by atoms with Gasteiger partial charge in [-0.1, -0.05) is 13.8 Å². The van der Waals surface area contributed by atoms with Crippen LogP contribution < -0.4 is 0 Å². The third-order valence-electron chi connectivity index (χ3n) is 1.19. The Morgan fingerprint density at radius 2 is 1.88 bits per heavy atom. The minimum Gasteiger partial charge on any atom is -0.396 e. The molecule has 1 atom stereocenters. The molecule has 0 aromatic heterocycles. The van der Waals surface area contributed by atoms with Gasteiger partial charge < -0.3 is 10.2 Å². The smallest absolute Gasteiger partial charge is 0.0585 e. The van der Waals surface area contributed by atoms with Crippen molar-refractivity contribution in [1.82, 2.24) is 0 Å². The van der Waals surface area contributed by atoms with Gasteiger partial charge in [0.05, 0.1) is 6.10 Å². The van der Waals surface area contributed by atoms with E-state index in [1.165, 1.54) is 0 Å². The Morgan fingerprint density at radius 3 is 2.00 bits per heavy atom. The van der Waals surface area contributed by atoms with Gasteiger partial charge in [-0.15, -0.1) is 0 Å². The standard InChI is InChI=1S/C6H14O2/c1-5(2)6(8)3-4-7/h5-8H,3-4H2,1-2H3/t6-/m1/s1. The second-order valence-electron chi connectivity index (χ2n) is 2.32. The van der Waals surface area contributed by atoms with E-state index in [4.69, 9.17) is 10.2 Å². The van der Waals surface area contributed by atoms with Crippen LogP contribution in [0.15, 0.2) is 0 Å². The lowest BCUT2D eigenvalue weighted by molar-refractivity contribution is 0.0931. The molecule has 0 aromatic rings. The van der Waals surface area contributed by atoms with E-state index in [1.807, 2.05) is 13.8 Å². The Morgan fingerprint density at radius 1 is 1.38 bits per heavy atom. The number of rotatable bonds is 3. The summed E-state index contributed by atoms with van der Waals surface area (Å²) >= 11 is 0.